The molecule has 0 bridgehead atoms. The first kappa shape index (κ1) is 19.3. The molecule has 1 saturated heterocycles. The molecule has 0 saturated carbocycles. The number of carbonyl (C=O) groups excluding carboxylic acids is 3. The molecule has 0 aliphatic carbocycles. The van der Waals surface area contributed by atoms with Crippen LogP contribution in [0, 0.1) is 15.9 Å². The number of nitrogens with one attached hydrogen (secondary N) is 1. The SMILES string of the molecule is O=C(NCCN1C(=O)SC(=Cc2ccc(F)cc2)C1=O)c1ccc([N+](=O)[O-])o1. The Balaban J connectivity index is 1.57. The van der Waals surface area contributed by atoms with Crippen molar-refractivity contribution in [3.05, 3.63) is 68.6 Å². The molecular formula is C17H12FN3O6S. The minimum atomic E-state index is -0.773. The zero-order valence-electron chi connectivity index (χ0n) is 14.1. The molecule has 1 aromatic heterocycles. The Morgan fingerprint density at radius 3 is 2.61 bits per heavy atom. The van der Waals surface area contributed by atoms with Gasteiger partial charge in [0.25, 0.3) is 17.1 Å². The fourth-order valence-electron chi connectivity index (χ4n) is 2.32. The van der Waals surface area contributed by atoms with E-state index < -0.39 is 33.7 Å². The van der Waals surface area contributed by atoms with Crippen molar-refractivity contribution < 1.29 is 28.1 Å². The topological polar surface area (TPSA) is 123 Å². The van der Waals surface area contributed by atoms with Gasteiger partial charge in [-0.3, -0.25) is 29.4 Å². The average molecular weight is 405 g/mol. The number of furan rings is 1. The van der Waals surface area contributed by atoms with Gasteiger partial charge >= 0.3 is 5.88 Å². The summed E-state index contributed by atoms with van der Waals surface area (Å²) in [5.41, 5.74) is 0.569. The summed E-state index contributed by atoms with van der Waals surface area (Å²) in [6.07, 6.45) is 1.48. The van der Waals surface area contributed by atoms with Gasteiger partial charge in [-0.25, -0.2) is 4.39 Å². The zero-order valence-corrected chi connectivity index (χ0v) is 14.9. The lowest BCUT2D eigenvalue weighted by Gasteiger charge is -2.12. The molecule has 2 aromatic rings. The largest absolute Gasteiger partial charge is 0.433 e. The van der Waals surface area contributed by atoms with E-state index in [-0.39, 0.29) is 23.8 Å². The number of nitrogens with zero attached hydrogens (tertiary/aromatic N) is 2. The molecule has 0 atom stereocenters. The van der Waals surface area contributed by atoms with Crippen LogP contribution in [0.3, 0.4) is 0 Å². The molecule has 3 amide bonds. The highest BCUT2D eigenvalue weighted by Gasteiger charge is 2.34. The lowest BCUT2D eigenvalue weighted by atomic mass is 10.2. The Hall–Kier alpha value is -3.47. The summed E-state index contributed by atoms with van der Waals surface area (Å²) < 4.78 is 17.7. The molecule has 1 N–H and O–H groups in total. The second-order valence-electron chi connectivity index (χ2n) is 5.54. The van der Waals surface area contributed by atoms with Crippen LogP contribution >= 0.6 is 11.8 Å². The third-order valence-corrected chi connectivity index (χ3v) is 4.57. The second kappa shape index (κ2) is 8.05. The Kier molecular flexibility index (Phi) is 5.54. The van der Waals surface area contributed by atoms with E-state index in [1.807, 2.05) is 0 Å². The van der Waals surface area contributed by atoms with Crippen molar-refractivity contribution in [2.45, 2.75) is 0 Å². The molecule has 9 nitrogen and oxygen atoms in total. The van der Waals surface area contributed by atoms with E-state index in [2.05, 4.69) is 5.32 Å². The Morgan fingerprint density at radius 1 is 1.25 bits per heavy atom. The number of benzene rings is 1. The van der Waals surface area contributed by atoms with E-state index in [9.17, 15) is 28.9 Å². The van der Waals surface area contributed by atoms with Crippen molar-refractivity contribution in [2.24, 2.45) is 0 Å². The molecule has 3 rings (SSSR count). The fourth-order valence-corrected chi connectivity index (χ4v) is 3.18. The molecule has 144 valence electrons. The van der Waals surface area contributed by atoms with Crippen molar-refractivity contribution in [3.8, 4) is 0 Å². The van der Waals surface area contributed by atoms with Crippen LogP contribution in [-0.2, 0) is 4.79 Å². The normalized spacial score (nSPS) is 15.3. The molecule has 0 spiro atoms. The number of carbonyl (C=O) groups is 3. The minimum Gasteiger partial charge on any atom is -0.395 e. The maximum atomic E-state index is 12.9. The third kappa shape index (κ3) is 4.26. The molecule has 1 fully saturated rings. The van der Waals surface area contributed by atoms with Gasteiger partial charge in [-0.2, -0.15) is 0 Å². The Morgan fingerprint density at radius 2 is 1.96 bits per heavy atom. The first-order valence-corrected chi connectivity index (χ1v) is 8.70. The van der Waals surface area contributed by atoms with Crippen LogP contribution in [0.25, 0.3) is 6.08 Å². The van der Waals surface area contributed by atoms with Gasteiger partial charge in [0.2, 0.25) is 0 Å². The van der Waals surface area contributed by atoms with Gasteiger partial charge < -0.3 is 9.73 Å². The lowest BCUT2D eigenvalue weighted by Crippen LogP contribution is -2.37. The van der Waals surface area contributed by atoms with Gasteiger partial charge in [-0.05, 0) is 41.6 Å². The summed E-state index contributed by atoms with van der Waals surface area (Å²) in [5, 5.41) is 12.5. The van der Waals surface area contributed by atoms with Crippen LogP contribution in [0.4, 0.5) is 15.1 Å². The number of thioether (sulfide) groups is 1. The molecule has 1 aromatic carbocycles. The maximum absolute atomic E-state index is 12.9. The van der Waals surface area contributed by atoms with Gasteiger partial charge in [-0.1, -0.05) is 12.1 Å². The average Bonchev–Trinajstić information content (AvgIpc) is 3.25. The quantitative estimate of drug-likeness (QED) is 0.445. The highest BCUT2D eigenvalue weighted by molar-refractivity contribution is 8.18. The fraction of sp³-hybridized carbons (Fsp3) is 0.118. The first-order valence-electron chi connectivity index (χ1n) is 7.88. The van der Waals surface area contributed by atoms with Gasteiger partial charge in [0.05, 0.1) is 11.0 Å². The number of halogens is 1. The monoisotopic (exact) mass is 405 g/mol. The van der Waals surface area contributed by atoms with Crippen molar-refractivity contribution in [1.82, 2.24) is 10.2 Å². The number of hydrogen-bond acceptors (Lipinski definition) is 7. The highest BCUT2D eigenvalue weighted by atomic mass is 32.2. The van der Waals surface area contributed by atoms with E-state index in [0.29, 0.717) is 5.56 Å². The molecule has 11 heteroatoms. The second-order valence-corrected chi connectivity index (χ2v) is 6.53. The predicted octanol–water partition coefficient (Wildman–Crippen LogP) is 2.79. The van der Waals surface area contributed by atoms with E-state index in [0.717, 1.165) is 28.8 Å². The van der Waals surface area contributed by atoms with Crippen LogP contribution in [0.15, 0.2) is 45.7 Å². The number of amides is 3. The summed E-state index contributed by atoms with van der Waals surface area (Å²) in [6.45, 7) is -0.144. The van der Waals surface area contributed by atoms with Gasteiger partial charge in [0, 0.05) is 13.1 Å². The first-order chi connectivity index (χ1) is 13.3. The molecular weight excluding hydrogens is 393 g/mol. The van der Waals surface area contributed by atoms with E-state index in [4.69, 9.17) is 4.42 Å². The van der Waals surface area contributed by atoms with Crippen LogP contribution in [0.2, 0.25) is 0 Å². The van der Waals surface area contributed by atoms with Crippen LogP contribution in [-0.4, -0.2) is 40.0 Å². The smallest absolute Gasteiger partial charge is 0.395 e. The van der Waals surface area contributed by atoms with E-state index in [1.54, 1.807) is 0 Å². The summed E-state index contributed by atoms with van der Waals surface area (Å²) in [5.74, 6) is -2.47. The van der Waals surface area contributed by atoms with Crippen LogP contribution < -0.4 is 5.32 Å². The summed E-state index contributed by atoms with van der Waals surface area (Å²) in [6, 6.07) is 7.64. The number of imide groups is 1. The predicted molar refractivity (Wildman–Crippen MR) is 96.8 cm³/mol. The third-order valence-electron chi connectivity index (χ3n) is 3.66. The minimum absolute atomic E-state index is 0.0603. The number of nitro groups is 1. The maximum Gasteiger partial charge on any atom is 0.433 e. The van der Waals surface area contributed by atoms with Gasteiger partial charge in [0.15, 0.2) is 5.76 Å². The lowest BCUT2D eigenvalue weighted by molar-refractivity contribution is -0.402. The molecule has 1 aliphatic rings. The van der Waals surface area contributed by atoms with Crippen LogP contribution in [0.5, 0.6) is 0 Å². The zero-order chi connectivity index (χ0) is 20.3. The molecule has 28 heavy (non-hydrogen) atoms. The summed E-state index contributed by atoms with van der Waals surface area (Å²) in [4.78, 5) is 47.2. The highest BCUT2D eigenvalue weighted by Crippen LogP contribution is 2.31. The summed E-state index contributed by atoms with van der Waals surface area (Å²) >= 11 is 0.741. The van der Waals surface area contributed by atoms with Gasteiger partial charge in [-0.15, -0.1) is 0 Å². The molecule has 2 heterocycles. The van der Waals surface area contributed by atoms with Crippen molar-refractivity contribution in [3.63, 3.8) is 0 Å². The standard InChI is InChI=1S/C17H12FN3O6S/c18-11-3-1-10(2-4-11)9-13-16(23)20(17(24)28-13)8-7-19-15(22)12-5-6-14(27-12)21(25)26/h1-6,9H,7-8H2,(H,19,22). The Bertz CT molecular complexity index is 985. The van der Waals surface area contributed by atoms with Crippen molar-refractivity contribution in [1.29, 1.82) is 0 Å². The summed E-state index contributed by atoms with van der Waals surface area (Å²) in [7, 11) is 0. The van der Waals surface area contributed by atoms with Crippen molar-refractivity contribution in [2.75, 3.05) is 13.1 Å². The number of hydrogen-bond donors (Lipinski definition) is 1. The molecule has 0 unspecified atom stereocenters. The van der Waals surface area contributed by atoms with E-state index >= 15 is 0 Å². The van der Waals surface area contributed by atoms with Crippen molar-refractivity contribution >= 4 is 40.8 Å². The Labute approximate surface area is 161 Å². The van der Waals surface area contributed by atoms with Gasteiger partial charge in [0.1, 0.15) is 10.7 Å². The molecule has 1 aliphatic heterocycles. The van der Waals surface area contributed by atoms with E-state index in [1.165, 1.54) is 30.3 Å². The van der Waals surface area contributed by atoms with Crippen LogP contribution in [0.1, 0.15) is 16.1 Å². The number of rotatable bonds is 6. The molecule has 0 radical (unpaired) electrons.